The molecule has 1 amide bonds. The van der Waals surface area contributed by atoms with E-state index in [2.05, 4.69) is 30.4 Å². The van der Waals surface area contributed by atoms with E-state index in [1.54, 1.807) is 6.92 Å². The highest BCUT2D eigenvalue weighted by molar-refractivity contribution is 5.96. The van der Waals surface area contributed by atoms with Gasteiger partial charge in [-0.3, -0.25) is 9.59 Å². The number of nitrogens with zero attached hydrogens (tertiary/aromatic N) is 1. The lowest BCUT2D eigenvalue weighted by Gasteiger charge is -2.58. The molecule has 0 unspecified atom stereocenters. The van der Waals surface area contributed by atoms with E-state index < -0.39 is 30.6 Å². The smallest absolute Gasteiger partial charge is 0.328 e. The molecule has 35 heavy (non-hydrogen) atoms. The molecule has 0 spiro atoms. The summed E-state index contributed by atoms with van der Waals surface area (Å²) in [7, 11) is 0. The van der Waals surface area contributed by atoms with Crippen molar-refractivity contribution in [3.8, 4) is 0 Å². The van der Waals surface area contributed by atoms with Crippen molar-refractivity contribution in [2.24, 2.45) is 39.7 Å². The number of nitrogens with one attached hydrogen (secondary N) is 1. The van der Waals surface area contributed by atoms with Gasteiger partial charge >= 0.3 is 5.97 Å². The number of carboxylic acid groups (broad SMARTS) is 1. The second-order valence-electron chi connectivity index (χ2n) is 11.8. The molecule has 0 saturated heterocycles. The Bertz CT molecular complexity index is 942. The molecular weight excluding hydrogens is 448 g/mol. The van der Waals surface area contributed by atoms with Crippen molar-refractivity contribution in [1.82, 2.24) is 5.32 Å². The molecule has 4 aliphatic rings. The Kier molecular flexibility index (Phi) is 7.15. The number of allylic oxidation sites excluding steroid dienone is 2. The van der Waals surface area contributed by atoms with Crippen molar-refractivity contribution in [3.63, 3.8) is 0 Å². The van der Waals surface area contributed by atoms with E-state index in [-0.39, 0.29) is 16.7 Å². The molecule has 8 nitrogen and oxygen atoms in total. The lowest BCUT2D eigenvalue weighted by atomic mass is 9.46. The van der Waals surface area contributed by atoms with Gasteiger partial charge in [0.1, 0.15) is 5.78 Å². The predicted octanol–water partition coefficient (Wildman–Crippen LogP) is 3.48. The van der Waals surface area contributed by atoms with Crippen LogP contribution < -0.4 is 5.32 Å². The van der Waals surface area contributed by atoms with Crippen LogP contribution in [0, 0.1) is 34.5 Å². The van der Waals surface area contributed by atoms with Crippen molar-refractivity contribution < 1.29 is 29.4 Å². The number of carbonyl (C=O) groups is 3. The van der Waals surface area contributed by atoms with Gasteiger partial charge in [0, 0.05) is 5.92 Å². The van der Waals surface area contributed by atoms with Gasteiger partial charge in [-0.05, 0) is 99.9 Å². The summed E-state index contributed by atoms with van der Waals surface area (Å²) in [5.74, 6) is 0.604. The first-order chi connectivity index (χ1) is 16.5. The molecule has 8 atom stereocenters. The number of oxime groups is 1. The number of aliphatic carboxylic acids is 1. The predicted molar refractivity (Wildman–Crippen MR) is 131 cm³/mol. The minimum absolute atomic E-state index is 0.140. The average molecular weight is 489 g/mol. The SMILES string of the molecule is CC(=O)[C@@H]1CC[C@H]2[C@@H]3CCC4=CC(=NOCC(=O)N[C@H](C(=O)O)[C@H](C)O)CC[C@]4(C)[C@H]3CC[C@]12C. The molecule has 0 aromatic rings. The number of carbonyl (C=O) groups excluding carboxylic acids is 2. The maximum absolute atomic E-state index is 12.3. The van der Waals surface area contributed by atoms with Crippen molar-refractivity contribution >= 4 is 23.4 Å². The lowest BCUT2D eigenvalue weighted by Crippen LogP contribution is -2.51. The summed E-state index contributed by atoms with van der Waals surface area (Å²) in [6, 6.07) is -1.38. The molecule has 0 aliphatic heterocycles. The van der Waals surface area contributed by atoms with E-state index in [4.69, 9.17) is 9.94 Å². The quantitative estimate of drug-likeness (QED) is 0.471. The summed E-state index contributed by atoms with van der Waals surface area (Å²) in [6.07, 6.45) is 9.42. The van der Waals surface area contributed by atoms with Gasteiger partial charge in [0.05, 0.1) is 11.8 Å². The van der Waals surface area contributed by atoms with E-state index in [1.165, 1.54) is 25.3 Å². The summed E-state index contributed by atoms with van der Waals surface area (Å²) in [4.78, 5) is 40.7. The van der Waals surface area contributed by atoms with Crippen LogP contribution in [0.3, 0.4) is 0 Å². The summed E-state index contributed by atoms with van der Waals surface area (Å²) >= 11 is 0. The van der Waals surface area contributed by atoms with Gasteiger partial charge in [-0.15, -0.1) is 0 Å². The van der Waals surface area contributed by atoms with Crippen LogP contribution in [0.15, 0.2) is 16.8 Å². The molecule has 8 heteroatoms. The van der Waals surface area contributed by atoms with E-state index in [9.17, 15) is 19.5 Å². The summed E-state index contributed by atoms with van der Waals surface area (Å²) in [6.45, 7) is 7.46. The summed E-state index contributed by atoms with van der Waals surface area (Å²) in [5, 5.41) is 25.0. The zero-order chi connectivity index (χ0) is 25.5. The lowest BCUT2D eigenvalue weighted by molar-refractivity contribution is -0.145. The number of hydrogen-bond donors (Lipinski definition) is 3. The number of rotatable bonds is 7. The normalized spacial score (nSPS) is 38.9. The van der Waals surface area contributed by atoms with Gasteiger partial charge in [-0.2, -0.15) is 0 Å². The van der Waals surface area contributed by atoms with Crippen molar-refractivity contribution in [2.75, 3.05) is 6.61 Å². The first kappa shape index (κ1) is 25.9. The van der Waals surface area contributed by atoms with Crippen LogP contribution in [0.5, 0.6) is 0 Å². The van der Waals surface area contributed by atoms with Gasteiger partial charge in [0.2, 0.25) is 0 Å². The highest BCUT2D eigenvalue weighted by Crippen LogP contribution is 2.66. The fourth-order valence-electron chi connectivity index (χ4n) is 8.09. The van der Waals surface area contributed by atoms with Gasteiger partial charge in [0.25, 0.3) is 5.91 Å². The van der Waals surface area contributed by atoms with Crippen LogP contribution in [0.2, 0.25) is 0 Å². The van der Waals surface area contributed by atoms with E-state index in [1.807, 2.05) is 0 Å². The zero-order valence-electron chi connectivity index (χ0n) is 21.4. The van der Waals surface area contributed by atoms with Gasteiger partial charge < -0.3 is 20.4 Å². The van der Waals surface area contributed by atoms with Crippen LogP contribution in [0.25, 0.3) is 0 Å². The molecule has 0 heterocycles. The fraction of sp³-hybridized carbons (Fsp3) is 0.778. The second kappa shape index (κ2) is 9.68. The van der Waals surface area contributed by atoms with Crippen LogP contribution in [-0.4, -0.2) is 52.3 Å². The Labute approximate surface area is 207 Å². The third kappa shape index (κ3) is 4.66. The van der Waals surface area contributed by atoms with E-state index in [0.29, 0.717) is 23.5 Å². The molecule has 0 aromatic heterocycles. The Morgan fingerprint density at radius 1 is 1.14 bits per heavy atom. The first-order valence-corrected chi connectivity index (χ1v) is 13.1. The van der Waals surface area contributed by atoms with E-state index in [0.717, 1.165) is 44.2 Å². The number of aliphatic hydroxyl groups excluding tert-OH is 1. The van der Waals surface area contributed by atoms with Crippen LogP contribution >= 0.6 is 0 Å². The molecule has 3 saturated carbocycles. The average Bonchev–Trinajstić information content (AvgIpc) is 3.14. The first-order valence-electron chi connectivity index (χ1n) is 13.1. The summed E-state index contributed by atoms with van der Waals surface area (Å²) in [5.41, 5.74) is 2.53. The third-order valence-electron chi connectivity index (χ3n) is 9.91. The number of fused-ring (bicyclic) bond motifs is 5. The second-order valence-corrected chi connectivity index (χ2v) is 11.8. The monoisotopic (exact) mass is 488 g/mol. The number of carboxylic acids is 1. The topological polar surface area (TPSA) is 125 Å². The molecule has 0 aromatic carbocycles. The third-order valence-corrected chi connectivity index (χ3v) is 9.91. The Morgan fingerprint density at radius 3 is 2.54 bits per heavy atom. The number of aliphatic hydroxyl groups is 1. The molecule has 4 aliphatic carbocycles. The Morgan fingerprint density at radius 2 is 1.89 bits per heavy atom. The molecule has 0 bridgehead atoms. The molecule has 3 fully saturated rings. The number of ketones is 1. The van der Waals surface area contributed by atoms with E-state index >= 15 is 0 Å². The molecule has 3 N–H and O–H groups in total. The maximum Gasteiger partial charge on any atom is 0.328 e. The zero-order valence-corrected chi connectivity index (χ0v) is 21.4. The minimum atomic E-state index is -1.38. The number of Topliss-reactive ketones (excluding diaryl/α,β-unsaturated/α-hetero) is 1. The molecule has 0 radical (unpaired) electrons. The highest BCUT2D eigenvalue weighted by atomic mass is 16.6. The minimum Gasteiger partial charge on any atom is -0.480 e. The van der Waals surface area contributed by atoms with Crippen LogP contribution in [0.4, 0.5) is 0 Å². The van der Waals surface area contributed by atoms with Crippen molar-refractivity contribution in [3.05, 3.63) is 11.6 Å². The summed E-state index contributed by atoms with van der Waals surface area (Å²) < 4.78 is 0. The van der Waals surface area contributed by atoms with Crippen molar-refractivity contribution in [1.29, 1.82) is 0 Å². The van der Waals surface area contributed by atoms with Crippen LogP contribution in [0.1, 0.15) is 79.1 Å². The van der Waals surface area contributed by atoms with Gasteiger partial charge in [-0.1, -0.05) is 24.6 Å². The maximum atomic E-state index is 12.3. The van der Waals surface area contributed by atoms with Gasteiger partial charge in [0.15, 0.2) is 12.6 Å². The van der Waals surface area contributed by atoms with Crippen molar-refractivity contribution in [2.45, 2.75) is 91.2 Å². The number of amides is 1. The molecule has 4 rings (SSSR count). The Balaban J connectivity index is 1.40. The Hall–Kier alpha value is -2.22. The van der Waals surface area contributed by atoms with Gasteiger partial charge in [-0.25, -0.2) is 4.79 Å². The molecule has 194 valence electrons. The molecular formula is C27H40N2O6. The number of hydrogen-bond acceptors (Lipinski definition) is 6. The fourth-order valence-corrected chi connectivity index (χ4v) is 8.09. The van der Waals surface area contributed by atoms with Crippen LogP contribution in [-0.2, 0) is 19.2 Å². The largest absolute Gasteiger partial charge is 0.480 e. The highest BCUT2D eigenvalue weighted by Gasteiger charge is 2.59. The standard InChI is InChI=1S/C27H40N2O6/c1-15(30)20-7-8-21-19-6-5-17-13-18(9-11-26(17,3)22(19)10-12-27(20,21)4)29-35-14-23(32)28-24(16(2)31)25(33)34/h13,16,19-22,24,31H,5-12,14H2,1-4H3,(H,28,32)(H,33,34)/t16-,19-,20-,21-,22-,24-,26-,27+/m0/s1.